The molecule has 1 aliphatic heterocycles. The zero-order chi connectivity index (χ0) is 25.8. The van der Waals surface area contributed by atoms with Crippen molar-refractivity contribution in [2.75, 3.05) is 27.3 Å². The monoisotopic (exact) mass is 495 g/mol. The Bertz CT molecular complexity index is 1370. The summed E-state index contributed by atoms with van der Waals surface area (Å²) >= 11 is 0. The lowest BCUT2D eigenvalue weighted by molar-refractivity contribution is -0.149. The fraction of sp³-hybridized carbons (Fsp3) is 0.233. The van der Waals surface area contributed by atoms with Crippen molar-refractivity contribution in [2.24, 2.45) is 0 Å². The third-order valence-corrected chi connectivity index (χ3v) is 7.12. The summed E-state index contributed by atoms with van der Waals surface area (Å²) < 4.78 is 12.3. The molecule has 0 unspecified atom stereocenters. The molecule has 1 amide bonds. The Morgan fingerprint density at radius 2 is 1.46 bits per heavy atom. The average Bonchev–Trinajstić information content (AvgIpc) is 3.43. The molecule has 0 saturated carbocycles. The first-order chi connectivity index (χ1) is 18.1. The Labute approximate surface area is 216 Å². The Morgan fingerprint density at radius 3 is 2.05 bits per heavy atom. The number of piperidine rings is 1. The number of benzene rings is 3. The molecule has 1 fully saturated rings. The molecule has 188 valence electrons. The number of hydrogen-bond acceptors (Lipinski definition) is 5. The summed E-state index contributed by atoms with van der Waals surface area (Å²) in [4.78, 5) is 28.3. The first-order valence-electron chi connectivity index (χ1n) is 12.3. The van der Waals surface area contributed by atoms with E-state index >= 15 is 0 Å². The summed E-state index contributed by atoms with van der Waals surface area (Å²) in [5, 5.41) is 4.72. The van der Waals surface area contributed by atoms with E-state index in [1.165, 1.54) is 7.11 Å². The Morgan fingerprint density at radius 1 is 0.838 bits per heavy atom. The van der Waals surface area contributed by atoms with Crippen LogP contribution in [-0.4, -0.2) is 53.9 Å². The third kappa shape index (κ3) is 4.60. The van der Waals surface area contributed by atoms with Gasteiger partial charge in [0.15, 0.2) is 5.69 Å². The summed E-state index contributed by atoms with van der Waals surface area (Å²) in [6.07, 6.45) is 0.973. The van der Waals surface area contributed by atoms with Crippen molar-refractivity contribution in [3.63, 3.8) is 0 Å². The van der Waals surface area contributed by atoms with Gasteiger partial charge in [0.2, 0.25) is 0 Å². The molecular weight excluding hydrogens is 466 g/mol. The van der Waals surface area contributed by atoms with Gasteiger partial charge < -0.3 is 14.4 Å². The zero-order valence-electron chi connectivity index (χ0n) is 21.0. The molecule has 1 aromatic heterocycles. The van der Waals surface area contributed by atoms with Crippen molar-refractivity contribution in [1.82, 2.24) is 14.7 Å². The molecule has 0 aliphatic carbocycles. The number of esters is 1. The van der Waals surface area contributed by atoms with Crippen LogP contribution in [0.3, 0.4) is 0 Å². The lowest BCUT2D eigenvalue weighted by atomic mass is 9.72. The van der Waals surface area contributed by atoms with Gasteiger partial charge in [0.05, 0.1) is 31.0 Å². The number of ether oxygens (including phenoxy) is 2. The molecule has 3 aromatic carbocycles. The van der Waals surface area contributed by atoms with Crippen molar-refractivity contribution < 1.29 is 19.1 Å². The molecule has 0 radical (unpaired) electrons. The molecule has 2 heterocycles. The quantitative estimate of drug-likeness (QED) is 0.356. The Kier molecular flexibility index (Phi) is 6.77. The van der Waals surface area contributed by atoms with Gasteiger partial charge in [-0.15, -0.1) is 0 Å². The molecule has 7 nitrogen and oxygen atoms in total. The molecule has 1 aliphatic rings. The number of nitrogens with zero attached hydrogens (tertiary/aromatic N) is 3. The minimum atomic E-state index is -0.759. The second-order valence-electron chi connectivity index (χ2n) is 9.12. The van der Waals surface area contributed by atoms with E-state index in [4.69, 9.17) is 14.6 Å². The summed E-state index contributed by atoms with van der Waals surface area (Å²) in [6.45, 7) is 0.859. The molecular formula is C30H29N3O4. The number of carbonyl (C=O) groups excluding carboxylic acids is 2. The van der Waals surface area contributed by atoms with E-state index < -0.39 is 5.41 Å². The highest BCUT2D eigenvalue weighted by Gasteiger charge is 2.45. The van der Waals surface area contributed by atoms with Crippen LogP contribution in [-0.2, 0) is 14.9 Å². The van der Waals surface area contributed by atoms with Crippen molar-refractivity contribution in [3.8, 4) is 22.7 Å². The molecule has 0 atom stereocenters. The van der Waals surface area contributed by atoms with Crippen LogP contribution in [0.15, 0.2) is 91.0 Å². The second kappa shape index (κ2) is 10.3. The van der Waals surface area contributed by atoms with E-state index in [1.54, 1.807) is 16.7 Å². The largest absolute Gasteiger partial charge is 0.497 e. The van der Waals surface area contributed by atoms with Gasteiger partial charge in [-0.3, -0.25) is 9.59 Å². The van der Waals surface area contributed by atoms with Crippen LogP contribution in [0, 0.1) is 0 Å². The van der Waals surface area contributed by atoms with Crippen molar-refractivity contribution >= 4 is 11.9 Å². The van der Waals surface area contributed by atoms with Gasteiger partial charge in [0.25, 0.3) is 5.91 Å². The lowest BCUT2D eigenvalue weighted by Crippen LogP contribution is -2.49. The van der Waals surface area contributed by atoms with E-state index in [9.17, 15) is 9.59 Å². The number of methoxy groups -OCH3 is 2. The zero-order valence-corrected chi connectivity index (χ0v) is 21.0. The first kappa shape index (κ1) is 24.3. The number of aromatic nitrogens is 2. The highest BCUT2D eigenvalue weighted by molar-refractivity contribution is 5.94. The Hall–Kier alpha value is -4.39. The molecule has 0 N–H and O–H groups in total. The Balaban J connectivity index is 1.44. The van der Waals surface area contributed by atoms with Crippen LogP contribution in [0.25, 0.3) is 16.9 Å². The molecule has 0 bridgehead atoms. The SMILES string of the molecule is COC(=O)C1(c2ccccc2)CCN(C(=O)c2cc(-c3ccc(OC)cc3)n(-c3ccccc3)n2)CC1. The fourth-order valence-electron chi connectivity index (χ4n) is 5.04. The van der Waals surface area contributed by atoms with Gasteiger partial charge in [-0.05, 0) is 60.9 Å². The second-order valence-corrected chi connectivity index (χ2v) is 9.12. The van der Waals surface area contributed by atoms with Crippen LogP contribution in [0.5, 0.6) is 5.75 Å². The first-order valence-corrected chi connectivity index (χ1v) is 12.3. The van der Waals surface area contributed by atoms with Crippen molar-refractivity contribution in [1.29, 1.82) is 0 Å². The predicted molar refractivity (Wildman–Crippen MR) is 141 cm³/mol. The average molecular weight is 496 g/mol. The highest BCUT2D eigenvalue weighted by Crippen LogP contribution is 2.37. The smallest absolute Gasteiger partial charge is 0.316 e. The molecule has 5 rings (SSSR count). The van der Waals surface area contributed by atoms with E-state index in [2.05, 4.69) is 0 Å². The standard InChI is InChI=1S/C30H29N3O4/c1-36-25-15-13-22(14-16-25)27-21-26(31-33(27)24-11-7-4-8-12-24)28(34)32-19-17-30(18-20-32,29(35)37-2)23-9-5-3-6-10-23/h3-16,21H,17-20H2,1-2H3. The molecule has 1 saturated heterocycles. The van der Waals surface area contributed by atoms with Gasteiger partial charge in [0, 0.05) is 18.7 Å². The molecule has 0 spiro atoms. The maximum Gasteiger partial charge on any atom is 0.316 e. The molecule has 7 heteroatoms. The van der Waals surface area contributed by atoms with E-state index in [0.717, 1.165) is 28.3 Å². The molecule has 37 heavy (non-hydrogen) atoms. The summed E-state index contributed by atoms with van der Waals surface area (Å²) in [6, 6.07) is 28.9. The number of rotatable bonds is 6. The van der Waals surface area contributed by atoms with Gasteiger partial charge in [-0.2, -0.15) is 5.10 Å². The van der Waals surface area contributed by atoms with Crippen LogP contribution in [0.1, 0.15) is 28.9 Å². The van der Waals surface area contributed by atoms with Gasteiger partial charge in [-0.1, -0.05) is 48.5 Å². The highest BCUT2D eigenvalue weighted by atomic mass is 16.5. The molecule has 4 aromatic rings. The summed E-state index contributed by atoms with van der Waals surface area (Å²) in [7, 11) is 3.05. The lowest BCUT2D eigenvalue weighted by Gasteiger charge is -2.39. The topological polar surface area (TPSA) is 73.7 Å². The van der Waals surface area contributed by atoms with E-state index in [1.807, 2.05) is 91.0 Å². The minimum Gasteiger partial charge on any atom is -0.497 e. The van der Waals surface area contributed by atoms with Crippen LogP contribution in [0.2, 0.25) is 0 Å². The fourth-order valence-corrected chi connectivity index (χ4v) is 5.04. The predicted octanol–water partition coefficient (Wildman–Crippen LogP) is 4.89. The van der Waals surface area contributed by atoms with Gasteiger partial charge >= 0.3 is 5.97 Å². The number of amides is 1. The number of likely N-dealkylation sites (tertiary alicyclic amines) is 1. The number of hydrogen-bond donors (Lipinski definition) is 0. The summed E-state index contributed by atoms with van der Waals surface area (Å²) in [5.74, 6) is 0.337. The number of para-hydroxylation sites is 1. The van der Waals surface area contributed by atoms with E-state index in [-0.39, 0.29) is 11.9 Å². The normalized spacial score (nSPS) is 14.7. The number of carbonyl (C=O) groups is 2. The summed E-state index contributed by atoms with van der Waals surface area (Å²) in [5.41, 5.74) is 3.11. The van der Waals surface area contributed by atoms with Crippen LogP contribution < -0.4 is 4.74 Å². The van der Waals surface area contributed by atoms with Crippen LogP contribution >= 0.6 is 0 Å². The third-order valence-electron chi connectivity index (χ3n) is 7.12. The van der Waals surface area contributed by atoms with Gasteiger partial charge in [-0.25, -0.2) is 4.68 Å². The van der Waals surface area contributed by atoms with Crippen molar-refractivity contribution in [2.45, 2.75) is 18.3 Å². The maximum atomic E-state index is 13.6. The minimum absolute atomic E-state index is 0.157. The maximum absolute atomic E-state index is 13.6. The van der Waals surface area contributed by atoms with Crippen LogP contribution in [0.4, 0.5) is 0 Å². The van der Waals surface area contributed by atoms with Gasteiger partial charge in [0.1, 0.15) is 5.75 Å². The van der Waals surface area contributed by atoms with Crippen molar-refractivity contribution in [3.05, 3.63) is 102 Å². The van der Waals surface area contributed by atoms with E-state index in [0.29, 0.717) is 31.6 Å².